The Morgan fingerprint density at radius 2 is 0.529 bits per heavy atom. The second-order valence-corrected chi connectivity index (χ2v) is 35.6. The maximum absolute atomic E-state index is 6.75. The van der Waals surface area contributed by atoms with Crippen LogP contribution >= 0.6 is 11.3 Å². The van der Waals surface area contributed by atoms with Gasteiger partial charge in [0, 0.05) is 114 Å². The van der Waals surface area contributed by atoms with E-state index in [0.29, 0.717) is 17.7 Å². The number of para-hydroxylation sites is 6. The molecule has 0 bridgehead atoms. The number of furan rings is 2. The van der Waals surface area contributed by atoms with Gasteiger partial charge in [-0.2, -0.15) is 0 Å². The van der Waals surface area contributed by atoms with E-state index in [1.807, 2.05) is 96.3 Å². The molecule has 0 aliphatic heterocycles. The van der Waals surface area contributed by atoms with Crippen molar-refractivity contribution in [3.63, 3.8) is 0 Å². The van der Waals surface area contributed by atoms with Crippen molar-refractivity contribution in [3.8, 4) is 96.4 Å². The van der Waals surface area contributed by atoms with Gasteiger partial charge in [-0.15, -0.1) is 11.3 Å². The molecule has 0 saturated heterocycles. The lowest BCUT2D eigenvalue weighted by molar-refractivity contribution is 0.670. The van der Waals surface area contributed by atoms with Gasteiger partial charge in [0.15, 0.2) is 17.0 Å². The molecule has 0 radical (unpaired) electrons. The molecular formula is C124H75N9O2S. The van der Waals surface area contributed by atoms with E-state index in [0.717, 1.165) is 166 Å². The van der Waals surface area contributed by atoms with Gasteiger partial charge in [0.25, 0.3) is 0 Å². The van der Waals surface area contributed by atoms with Crippen LogP contribution in [0, 0.1) is 0 Å². The Balaban J connectivity index is 0.000000104. The zero-order chi connectivity index (χ0) is 89.4. The molecular weight excluding hydrogens is 1680 g/mol. The molecule has 0 N–H and O–H groups in total. The third kappa shape index (κ3) is 12.6. The third-order valence-corrected chi connectivity index (χ3v) is 28.0. The van der Waals surface area contributed by atoms with Gasteiger partial charge in [-0.1, -0.05) is 376 Å². The minimum Gasteiger partial charge on any atom is -0.454 e. The van der Waals surface area contributed by atoms with Gasteiger partial charge in [0.1, 0.15) is 22.2 Å². The number of nitrogens with zero attached hydrogens (tertiary/aromatic N) is 9. The van der Waals surface area contributed by atoms with Crippen molar-refractivity contribution in [2.75, 3.05) is 0 Å². The molecule has 0 aliphatic rings. The summed E-state index contributed by atoms with van der Waals surface area (Å²) in [5.74, 6) is 1.93. The van der Waals surface area contributed by atoms with Crippen LogP contribution in [0.3, 0.4) is 0 Å². The molecule has 136 heavy (non-hydrogen) atoms. The lowest BCUT2D eigenvalue weighted by Crippen LogP contribution is -2.04. The van der Waals surface area contributed by atoms with Gasteiger partial charge >= 0.3 is 0 Å². The summed E-state index contributed by atoms with van der Waals surface area (Å²) in [6.07, 6.45) is 0. The Bertz CT molecular complexity index is 9740. The first kappa shape index (κ1) is 77.8. The largest absolute Gasteiger partial charge is 0.454 e. The molecule has 9 aromatic heterocycles. The zero-order valence-electron chi connectivity index (χ0n) is 73.1. The molecule has 0 amide bonds. The summed E-state index contributed by atoms with van der Waals surface area (Å²) in [5, 5.41) is 22.5. The number of hydrogen-bond acceptors (Lipinski definition) is 9. The molecule has 0 unspecified atom stereocenters. The van der Waals surface area contributed by atoms with Gasteiger partial charge in [-0.05, 0) is 122 Å². The summed E-state index contributed by atoms with van der Waals surface area (Å²) < 4.78 is 22.9. The molecule has 634 valence electrons. The average Bonchev–Trinajstić information content (AvgIpc) is 1.55. The number of hydrogen-bond donors (Lipinski definition) is 0. The SMILES string of the molecule is c1ccc(-c2cc(-c3ccccc3)nc(-c3ccc(-n4c5ccccc5c5c6ccccc6c6c7ccccc7sc6c54)cc3)n2)cc1.c1ccc(-c2cc(-c3ccccc3)nc(-n3c4ccccc4c4c5ccccc5c5c6ccccc6oc5c43)n2)cc1.c1ccc(-c2ccc(-c3nc(-n4c5ccccc5c5c6ccccc6c6c7ccccc7oc6c54)nc4ccccc34)cc2)cc1. The fourth-order valence-corrected chi connectivity index (χ4v) is 22.1. The molecule has 29 rings (SSSR count). The van der Waals surface area contributed by atoms with Crippen molar-refractivity contribution in [2.24, 2.45) is 0 Å². The van der Waals surface area contributed by atoms with E-state index < -0.39 is 0 Å². The van der Waals surface area contributed by atoms with Crippen LogP contribution in [0.1, 0.15) is 0 Å². The van der Waals surface area contributed by atoms with Crippen LogP contribution in [0.25, 0.3) is 269 Å². The summed E-state index contributed by atoms with van der Waals surface area (Å²) in [5.41, 5.74) is 25.0. The Hall–Kier alpha value is -18.1. The standard InChI is InChI=1S/C44H27N3S.C42H25N3O.C38H23N3O/c1-3-13-28(14-4-1)36-27-37(29-15-5-2-6-16-29)46-44(45-36)30-23-25-31(26-24-30)47-38-21-11-9-19-34(38)40-32-17-7-8-18-33(32)41-35-20-10-12-22-39(35)48-43(41)42(40)47;1-2-12-26(13-3-1)27-22-24-28(25-23-27)39-31-16-6-9-19-34(31)43-42(44-39)45-35-20-10-7-17-32(35)37-29-14-4-5-15-30(29)38-33-18-8-11-21-36(33)46-41(38)40(37)45;1-3-13-24(14-4-1)30-23-31(25-15-5-2-6-16-25)40-38(39-30)41-32-21-11-9-19-28(32)34-26-17-7-8-18-27(26)35-29-20-10-12-22-33(29)42-37(35)36(34)41/h1-27H;1-25H;1-23H. The smallest absolute Gasteiger partial charge is 0.235 e. The first-order valence-corrected chi connectivity index (χ1v) is 46.6. The Labute approximate surface area is 782 Å². The van der Waals surface area contributed by atoms with Crippen molar-refractivity contribution in [2.45, 2.75) is 0 Å². The van der Waals surface area contributed by atoms with Crippen LogP contribution in [-0.4, -0.2) is 43.6 Å². The summed E-state index contributed by atoms with van der Waals surface area (Å²) in [4.78, 5) is 31.2. The number of thiophene rings is 1. The van der Waals surface area contributed by atoms with Crippen molar-refractivity contribution < 1.29 is 8.83 Å². The van der Waals surface area contributed by atoms with Crippen molar-refractivity contribution in [1.82, 2.24) is 43.6 Å². The van der Waals surface area contributed by atoms with E-state index in [2.05, 4.69) is 384 Å². The monoisotopic (exact) mass is 1750 g/mol. The predicted octanol–water partition coefficient (Wildman–Crippen LogP) is 33.2. The number of fused-ring (bicyclic) bond motifs is 31. The van der Waals surface area contributed by atoms with Crippen molar-refractivity contribution in [1.29, 1.82) is 0 Å². The fraction of sp³-hybridized carbons (Fsp3) is 0. The molecule has 0 aliphatic carbocycles. The molecule has 12 heteroatoms. The van der Waals surface area contributed by atoms with E-state index in [4.69, 9.17) is 38.7 Å². The van der Waals surface area contributed by atoms with Crippen LogP contribution < -0.4 is 0 Å². The molecule has 0 saturated carbocycles. The highest BCUT2D eigenvalue weighted by Crippen LogP contribution is 2.52. The molecule has 0 atom stereocenters. The van der Waals surface area contributed by atoms with E-state index in [9.17, 15) is 0 Å². The second-order valence-electron chi connectivity index (χ2n) is 34.5. The minimum atomic E-state index is 0.610. The Kier molecular flexibility index (Phi) is 18.2. The summed E-state index contributed by atoms with van der Waals surface area (Å²) >= 11 is 1.89. The predicted molar refractivity (Wildman–Crippen MR) is 565 cm³/mol. The number of rotatable bonds is 10. The van der Waals surface area contributed by atoms with Gasteiger partial charge in [-0.3, -0.25) is 9.13 Å². The lowest BCUT2D eigenvalue weighted by Gasteiger charge is -2.12. The van der Waals surface area contributed by atoms with Crippen molar-refractivity contribution >= 4 is 184 Å². The van der Waals surface area contributed by atoms with Gasteiger partial charge in [0.05, 0.1) is 60.8 Å². The second kappa shape index (κ2) is 31.9. The van der Waals surface area contributed by atoms with E-state index in [1.165, 1.54) is 85.4 Å². The third-order valence-electron chi connectivity index (χ3n) is 26.8. The normalized spacial score (nSPS) is 11.8. The average molecular weight is 1760 g/mol. The first-order valence-electron chi connectivity index (χ1n) is 45.8. The van der Waals surface area contributed by atoms with Crippen LogP contribution in [0.2, 0.25) is 0 Å². The number of benzene rings is 20. The highest BCUT2D eigenvalue weighted by molar-refractivity contribution is 7.27. The van der Waals surface area contributed by atoms with Gasteiger partial charge in [-0.25, -0.2) is 29.9 Å². The van der Waals surface area contributed by atoms with Crippen LogP contribution in [-0.2, 0) is 0 Å². The molecule has 0 spiro atoms. The van der Waals surface area contributed by atoms with E-state index in [-0.39, 0.29) is 0 Å². The van der Waals surface area contributed by atoms with Gasteiger partial charge in [0.2, 0.25) is 11.9 Å². The van der Waals surface area contributed by atoms with E-state index >= 15 is 0 Å². The highest BCUT2D eigenvalue weighted by atomic mass is 32.1. The van der Waals surface area contributed by atoms with E-state index in [1.54, 1.807) is 0 Å². The fourth-order valence-electron chi connectivity index (χ4n) is 20.8. The number of aromatic nitrogens is 9. The molecule has 0 fully saturated rings. The molecule has 11 nitrogen and oxygen atoms in total. The summed E-state index contributed by atoms with van der Waals surface area (Å²) in [7, 11) is 0. The molecule has 20 aromatic carbocycles. The zero-order valence-corrected chi connectivity index (χ0v) is 73.9. The minimum absolute atomic E-state index is 0.610. The van der Waals surface area contributed by atoms with Crippen LogP contribution in [0.4, 0.5) is 0 Å². The lowest BCUT2D eigenvalue weighted by atomic mass is 9.99. The quantitative estimate of drug-likeness (QED) is 0.133. The Morgan fingerprint density at radius 3 is 0.993 bits per heavy atom. The maximum atomic E-state index is 6.75. The Morgan fingerprint density at radius 1 is 0.206 bits per heavy atom. The molecule has 9 heterocycles. The van der Waals surface area contributed by atoms with Crippen LogP contribution in [0.15, 0.2) is 464 Å². The van der Waals surface area contributed by atoms with Crippen molar-refractivity contribution in [3.05, 3.63) is 455 Å². The van der Waals surface area contributed by atoms with Gasteiger partial charge < -0.3 is 13.4 Å². The summed E-state index contributed by atoms with van der Waals surface area (Å²) in [6.45, 7) is 0. The topological polar surface area (TPSA) is 118 Å². The molecule has 29 aromatic rings. The summed E-state index contributed by atoms with van der Waals surface area (Å²) in [6, 6.07) is 159. The first-order chi connectivity index (χ1) is 67.5. The maximum Gasteiger partial charge on any atom is 0.235 e. The highest BCUT2D eigenvalue weighted by Gasteiger charge is 2.29. The van der Waals surface area contributed by atoms with Crippen LogP contribution in [0.5, 0.6) is 0 Å².